The van der Waals surface area contributed by atoms with E-state index in [0.717, 1.165) is 0 Å². The smallest absolute Gasteiger partial charge is 0.146 e. The number of hydrogen-bond acceptors (Lipinski definition) is 3. The van der Waals surface area contributed by atoms with Gasteiger partial charge in [0.15, 0.2) is 0 Å². The van der Waals surface area contributed by atoms with Crippen LogP contribution in [0.3, 0.4) is 0 Å². The minimum atomic E-state index is -1.42. The zero-order valence-electron chi connectivity index (χ0n) is 6.17. The summed E-state index contributed by atoms with van der Waals surface area (Å²) in [4.78, 5) is 10.4. The third-order valence-corrected chi connectivity index (χ3v) is 2.17. The fourth-order valence-corrected chi connectivity index (χ4v) is 1.22. The van der Waals surface area contributed by atoms with Crippen molar-refractivity contribution >= 4 is 29.2 Å². The third-order valence-electron chi connectivity index (χ3n) is 1.33. The van der Waals surface area contributed by atoms with E-state index < -0.39 is 5.97 Å². The van der Waals surface area contributed by atoms with Crippen molar-refractivity contribution in [1.82, 2.24) is 9.78 Å². The highest BCUT2D eigenvalue weighted by atomic mass is 35.5. The molecule has 66 valence electrons. The van der Waals surface area contributed by atoms with Crippen LogP contribution < -0.4 is 5.11 Å². The Morgan fingerprint density at radius 2 is 2.25 bits per heavy atom. The van der Waals surface area contributed by atoms with Crippen molar-refractivity contribution in [2.24, 2.45) is 0 Å². The lowest BCUT2D eigenvalue weighted by molar-refractivity contribution is -0.255. The number of rotatable bonds is 2. The second kappa shape index (κ2) is 3.33. The van der Waals surface area contributed by atoms with E-state index in [2.05, 4.69) is 5.10 Å². The molecule has 0 unspecified atom stereocenters. The van der Waals surface area contributed by atoms with Gasteiger partial charge in [-0.05, 0) is 6.92 Å². The predicted molar refractivity (Wildman–Crippen MR) is 42.3 cm³/mol. The number of aryl methyl sites for hydroxylation is 1. The Bertz CT molecular complexity index is 322. The molecule has 0 amide bonds. The molecular formula is C6H5Cl2N2O2-. The molecule has 6 heteroatoms. The minimum absolute atomic E-state index is 0.0708. The molecule has 0 fully saturated rings. The quantitative estimate of drug-likeness (QED) is 0.713. The second-order valence-electron chi connectivity index (χ2n) is 2.06. The number of carboxylic acids is 1. The van der Waals surface area contributed by atoms with Crippen LogP contribution in [0.5, 0.6) is 0 Å². The van der Waals surface area contributed by atoms with Gasteiger partial charge in [0.1, 0.15) is 15.9 Å². The minimum Gasteiger partial charge on any atom is -0.543 e. The summed E-state index contributed by atoms with van der Waals surface area (Å²) in [7, 11) is 0. The lowest BCUT2D eigenvalue weighted by atomic mass is 10.4. The van der Waals surface area contributed by atoms with E-state index >= 15 is 0 Å². The molecule has 12 heavy (non-hydrogen) atoms. The molecule has 1 heterocycles. The number of halogens is 2. The number of carboxylic acid groups (broad SMARTS) is 1. The van der Waals surface area contributed by atoms with Crippen molar-refractivity contribution in [2.75, 3.05) is 0 Å². The summed E-state index contributed by atoms with van der Waals surface area (Å²) >= 11 is 11.2. The summed E-state index contributed by atoms with van der Waals surface area (Å²) in [6.45, 7) is 2.24. The van der Waals surface area contributed by atoms with Gasteiger partial charge in [-0.2, -0.15) is 5.10 Å². The van der Waals surface area contributed by atoms with Gasteiger partial charge < -0.3 is 9.90 Å². The van der Waals surface area contributed by atoms with Crippen molar-refractivity contribution in [3.8, 4) is 0 Å². The van der Waals surface area contributed by atoms with Gasteiger partial charge >= 0.3 is 0 Å². The van der Waals surface area contributed by atoms with Gasteiger partial charge in [0.05, 0.1) is 5.97 Å². The highest BCUT2D eigenvalue weighted by Gasteiger charge is 2.13. The van der Waals surface area contributed by atoms with Crippen molar-refractivity contribution in [3.63, 3.8) is 0 Å². The van der Waals surface area contributed by atoms with Crippen LogP contribution >= 0.6 is 23.2 Å². The largest absolute Gasteiger partial charge is 0.543 e. The van der Waals surface area contributed by atoms with Crippen LogP contribution in [0.2, 0.25) is 10.2 Å². The second-order valence-corrected chi connectivity index (χ2v) is 2.79. The fraction of sp³-hybridized carbons (Fsp3) is 0.333. The third kappa shape index (κ3) is 1.40. The Labute approximate surface area is 78.7 Å². The molecule has 0 N–H and O–H groups in total. The zero-order valence-corrected chi connectivity index (χ0v) is 7.69. The van der Waals surface area contributed by atoms with Crippen LogP contribution in [0.4, 0.5) is 0 Å². The molecule has 0 aliphatic heterocycles. The average molecular weight is 208 g/mol. The Kier molecular flexibility index (Phi) is 2.59. The monoisotopic (exact) mass is 207 g/mol. The standard InChI is InChI=1S/C6H6Cl2N2O2/c1-2-10-5(8)3(7)4(9-10)6(11)12/h2H2,1H3,(H,11,12)/p-1. The van der Waals surface area contributed by atoms with Gasteiger partial charge in [0.2, 0.25) is 0 Å². The lowest BCUT2D eigenvalue weighted by Gasteiger charge is -1.95. The highest BCUT2D eigenvalue weighted by molar-refractivity contribution is 6.43. The number of carbonyl (C=O) groups is 1. The molecule has 0 atom stereocenters. The Morgan fingerprint density at radius 3 is 2.50 bits per heavy atom. The molecule has 0 radical (unpaired) electrons. The van der Waals surface area contributed by atoms with Crippen molar-refractivity contribution in [3.05, 3.63) is 15.9 Å². The van der Waals surface area contributed by atoms with Crippen LogP contribution in [0.25, 0.3) is 0 Å². The average Bonchev–Trinajstić information content (AvgIpc) is 2.30. The van der Waals surface area contributed by atoms with Gasteiger partial charge in [0, 0.05) is 6.54 Å². The van der Waals surface area contributed by atoms with Gasteiger partial charge in [-0.1, -0.05) is 23.2 Å². The lowest BCUT2D eigenvalue weighted by Crippen LogP contribution is -2.23. The first kappa shape index (κ1) is 9.35. The number of hydrogen-bond donors (Lipinski definition) is 0. The topological polar surface area (TPSA) is 58.0 Å². The molecule has 1 rings (SSSR count). The van der Waals surface area contributed by atoms with E-state index in [4.69, 9.17) is 23.2 Å². The van der Waals surface area contributed by atoms with Crippen LogP contribution in [-0.4, -0.2) is 15.7 Å². The number of carbonyl (C=O) groups excluding carboxylic acids is 1. The molecule has 0 aromatic carbocycles. The van der Waals surface area contributed by atoms with E-state index in [1.807, 2.05) is 0 Å². The van der Waals surface area contributed by atoms with E-state index in [0.29, 0.717) is 6.54 Å². The van der Waals surface area contributed by atoms with Crippen LogP contribution in [0.1, 0.15) is 17.4 Å². The molecule has 0 spiro atoms. The van der Waals surface area contributed by atoms with E-state index in [1.54, 1.807) is 6.92 Å². The normalized spacial score (nSPS) is 10.2. The highest BCUT2D eigenvalue weighted by Crippen LogP contribution is 2.24. The molecule has 1 aromatic heterocycles. The summed E-state index contributed by atoms with van der Waals surface area (Å²) in [5.74, 6) is -1.42. The van der Waals surface area contributed by atoms with Crippen molar-refractivity contribution in [1.29, 1.82) is 0 Å². The summed E-state index contributed by atoms with van der Waals surface area (Å²) < 4.78 is 1.29. The van der Waals surface area contributed by atoms with Gasteiger partial charge in [-0.25, -0.2) is 0 Å². The first-order valence-electron chi connectivity index (χ1n) is 3.21. The molecule has 1 aromatic rings. The van der Waals surface area contributed by atoms with Crippen LogP contribution in [-0.2, 0) is 6.54 Å². The van der Waals surface area contributed by atoms with Crippen molar-refractivity contribution < 1.29 is 9.90 Å². The molecule has 0 aliphatic rings. The summed E-state index contributed by atoms with van der Waals surface area (Å²) in [6.07, 6.45) is 0. The van der Waals surface area contributed by atoms with E-state index in [9.17, 15) is 9.90 Å². The molecule has 0 bridgehead atoms. The Hall–Kier alpha value is -0.740. The van der Waals surface area contributed by atoms with Gasteiger partial charge in [-0.3, -0.25) is 4.68 Å². The fourth-order valence-electron chi connectivity index (χ4n) is 0.759. The van der Waals surface area contributed by atoms with E-state index in [1.165, 1.54) is 4.68 Å². The van der Waals surface area contributed by atoms with E-state index in [-0.39, 0.29) is 15.9 Å². The summed E-state index contributed by atoms with van der Waals surface area (Å²) in [5.41, 5.74) is -0.316. The maximum atomic E-state index is 10.4. The zero-order chi connectivity index (χ0) is 9.30. The van der Waals surface area contributed by atoms with Crippen molar-refractivity contribution in [2.45, 2.75) is 13.5 Å². The van der Waals surface area contributed by atoms with Gasteiger partial charge in [0.25, 0.3) is 0 Å². The predicted octanol–water partition coefficient (Wildman–Crippen LogP) is 0.573. The SMILES string of the molecule is CCn1nc(C(=O)[O-])c(Cl)c1Cl. The molecular weight excluding hydrogens is 203 g/mol. The molecule has 4 nitrogen and oxygen atoms in total. The molecule has 0 aliphatic carbocycles. The number of nitrogens with zero attached hydrogens (tertiary/aromatic N) is 2. The first-order valence-corrected chi connectivity index (χ1v) is 3.96. The number of aromatic carboxylic acids is 1. The van der Waals surface area contributed by atoms with Crippen LogP contribution in [0, 0.1) is 0 Å². The maximum absolute atomic E-state index is 10.4. The summed E-state index contributed by atoms with van der Waals surface area (Å²) in [6, 6.07) is 0. The van der Waals surface area contributed by atoms with Crippen LogP contribution in [0.15, 0.2) is 0 Å². The number of aromatic nitrogens is 2. The maximum Gasteiger partial charge on any atom is 0.146 e. The first-order chi connectivity index (χ1) is 5.57. The molecule has 0 saturated carbocycles. The summed E-state index contributed by atoms with van der Waals surface area (Å²) in [5, 5.41) is 14.0. The Morgan fingerprint density at radius 1 is 1.67 bits per heavy atom. The van der Waals surface area contributed by atoms with Gasteiger partial charge in [-0.15, -0.1) is 0 Å². The Balaban J connectivity index is 3.25. The molecule has 0 saturated heterocycles.